The lowest BCUT2D eigenvalue weighted by Gasteiger charge is -2.22. The first-order chi connectivity index (χ1) is 7.75. The molecule has 1 aromatic rings. The molecule has 0 unspecified atom stereocenters. The maximum Gasteiger partial charge on any atom is 0.184 e. The van der Waals surface area contributed by atoms with Gasteiger partial charge in [0.15, 0.2) is 5.43 Å². The normalized spacial score (nSPS) is 17.6. The predicted octanol–water partition coefficient (Wildman–Crippen LogP) is 2.11. The van der Waals surface area contributed by atoms with Gasteiger partial charge in [0.2, 0.25) is 0 Å². The summed E-state index contributed by atoms with van der Waals surface area (Å²) in [6, 6.07) is 2.34. The van der Waals surface area contributed by atoms with Crippen LogP contribution in [0.15, 0.2) is 17.1 Å². The Bertz CT molecular complexity index is 391. The minimum atomic E-state index is 0.124. The Morgan fingerprint density at radius 2 is 2.12 bits per heavy atom. The fourth-order valence-electron chi connectivity index (χ4n) is 2.25. The second-order valence-electron chi connectivity index (χ2n) is 4.72. The number of hydrogen-bond donors (Lipinski definition) is 2. The van der Waals surface area contributed by atoms with Crippen molar-refractivity contribution in [3.63, 3.8) is 0 Å². The molecule has 1 aliphatic carbocycles. The van der Waals surface area contributed by atoms with Gasteiger partial charge in [-0.2, -0.15) is 0 Å². The first kappa shape index (κ1) is 11.4. The SMILES string of the molecule is Cc1c[nH]c(CNC2CCCCC2)cc1=O. The number of aromatic amines is 1. The van der Waals surface area contributed by atoms with Crippen LogP contribution in [0.3, 0.4) is 0 Å². The van der Waals surface area contributed by atoms with Crippen molar-refractivity contribution in [3.05, 3.63) is 33.7 Å². The molecule has 0 saturated heterocycles. The van der Waals surface area contributed by atoms with E-state index >= 15 is 0 Å². The fourth-order valence-corrected chi connectivity index (χ4v) is 2.25. The van der Waals surface area contributed by atoms with Crippen LogP contribution in [0.4, 0.5) is 0 Å². The minimum absolute atomic E-state index is 0.124. The van der Waals surface area contributed by atoms with Gasteiger partial charge in [0, 0.05) is 36.1 Å². The number of hydrogen-bond acceptors (Lipinski definition) is 2. The molecule has 3 nitrogen and oxygen atoms in total. The second-order valence-corrected chi connectivity index (χ2v) is 4.72. The van der Waals surface area contributed by atoms with E-state index in [2.05, 4.69) is 10.3 Å². The van der Waals surface area contributed by atoms with Gasteiger partial charge < -0.3 is 10.3 Å². The molecule has 16 heavy (non-hydrogen) atoms. The van der Waals surface area contributed by atoms with E-state index in [0.29, 0.717) is 6.04 Å². The molecule has 0 bridgehead atoms. The van der Waals surface area contributed by atoms with Crippen LogP contribution in [0.2, 0.25) is 0 Å². The summed E-state index contributed by atoms with van der Waals surface area (Å²) in [6.07, 6.45) is 8.39. The largest absolute Gasteiger partial charge is 0.363 e. The molecule has 0 atom stereocenters. The molecule has 3 heteroatoms. The van der Waals surface area contributed by atoms with Crippen LogP contribution in [0.1, 0.15) is 43.4 Å². The van der Waals surface area contributed by atoms with Crippen molar-refractivity contribution >= 4 is 0 Å². The van der Waals surface area contributed by atoms with Crippen LogP contribution < -0.4 is 10.7 Å². The van der Waals surface area contributed by atoms with Crippen molar-refractivity contribution in [2.75, 3.05) is 0 Å². The molecule has 1 fully saturated rings. The van der Waals surface area contributed by atoms with E-state index < -0.39 is 0 Å². The smallest absolute Gasteiger partial charge is 0.184 e. The number of H-pyrrole nitrogens is 1. The first-order valence-corrected chi connectivity index (χ1v) is 6.17. The molecule has 88 valence electrons. The van der Waals surface area contributed by atoms with Crippen molar-refractivity contribution < 1.29 is 0 Å². The molecular weight excluding hydrogens is 200 g/mol. The number of nitrogens with one attached hydrogen (secondary N) is 2. The van der Waals surface area contributed by atoms with Crippen LogP contribution >= 0.6 is 0 Å². The maximum atomic E-state index is 11.4. The Hall–Kier alpha value is -1.09. The first-order valence-electron chi connectivity index (χ1n) is 6.17. The third kappa shape index (κ3) is 2.95. The second kappa shape index (κ2) is 5.30. The average molecular weight is 220 g/mol. The van der Waals surface area contributed by atoms with Gasteiger partial charge in [0.25, 0.3) is 0 Å². The Labute approximate surface area is 96.3 Å². The van der Waals surface area contributed by atoms with E-state index in [0.717, 1.165) is 17.8 Å². The molecule has 2 N–H and O–H groups in total. The Morgan fingerprint density at radius 1 is 1.38 bits per heavy atom. The molecule has 1 saturated carbocycles. The summed E-state index contributed by atoms with van der Waals surface area (Å²) in [5.41, 5.74) is 1.89. The zero-order valence-electron chi connectivity index (χ0n) is 9.88. The highest BCUT2D eigenvalue weighted by atomic mass is 16.1. The molecule has 0 spiro atoms. The van der Waals surface area contributed by atoms with Gasteiger partial charge in [0.1, 0.15) is 0 Å². The van der Waals surface area contributed by atoms with Crippen LogP contribution in [-0.4, -0.2) is 11.0 Å². The maximum absolute atomic E-state index is 11.4. The number of aromatic nitrogens is 1. The summed E-state index contributed by atoms with van der Waals surface area (Å²) in [6.45, 7) is 2.61. The zero-order chi connectivity index (χ0) is 11.4. The van der Waals surface area contributed by atoms with Crippen molar-refractivity contribution in [1.82, 2.24) is 10.3 Å². The lowest BCUT2D eigenvalue weighted by Crippen LogP contribution is -2.31. The number of pyridine rings is 1. The van der Waals surface area contributed by atoms with E-state index in [1.165, 1.54) is 32.1 Å². The predicted molar refractivity (Wildman–Crippen MR) is 65.5 cm³/mol. The average Bonchev–Trinajstić information content (AvgIpc) is 2.32. The van der Waals surface area contributed by atoms with Gasteiger partial charge >= 0.3 is 0 Å². The monoisotopic (exact) mass is 220 g/mol. The zero-order valence-corrected chi connectivity index (χ0v) is 9.88. The van der Waals surface area contributed by atoms with Crippen LogP contribution in [0.25, 0.3) is 0 Å². The summed E-state index contributed by atoms with van der Waals surface area (Å²) in [4.78, 5) is 14.6. The highest BCUT2D eigenvalue weighted by Gasteiger charge is 2.12. The van der Waals surface area contributed by atoms with Gasteiger partial charge in [-0.25, -0.2) is 0 Å². The summed E-state index contributed by atoms with van der Waals surface area (Å²) >= 11 is 0. The molecule has 0 aromatic carbocycles. The fraction of sp³-hybridized carbons (Fsp3) is 0.615. The van der Waals surface area contributed by atoms with E-state index in [-0.39, 0.29) is 5.43 Å². The lowest BCUT2D eigenvalue weighted by molar-refractivity contribution is 0.371. The third-order valence-electron chi connectivity index (χ3n) is 3.35. The van der Waals surface area contributed by atoms with Gasteiger partial charge in [-0.15, -0.1) is 0 Å². The lowest BCUT2D eigenvalue weighted by atomic mass is 9.95. The molecular formula is C13H20N2O. The highest BCUT2D eigenvalue weighted by molar-refractivity contribution is 5.12. The molecule has 2 rings (SSSR count). The summed E-state index contributed by atoms with van der Waals surface area (Å²) < 4.78 is 0. The Kier molecular flexibility index (Phi) is 3.78. The van der Waals surface area contributed by atoms with Crippen LogP contribution in [0.5, 0.6) is 0 Å². The molecule has 0 radical (unpaired) electrons. The minimum Gasteiger partial charge on any atom is -0.363 e. The van der Waals surface area contributed by atoms with E-state index in [4.69, 9.17) is 0 Å². The van der Waals surface area contributed by atoms with Gasteiger partial charge in [-0.1, -0.05) is 19.3 Å². The Balaban J connectivity index is 1.88. The van der Waals surface area contributed by atoms with Crippen LogP contribution in [0, 0.1) is 6.92 Å². The topological polar surface area (TPSA) is 44.9 Å². The Morgan fingerprint density at radius 3 is 2.81 bits per heavy atom. The highest BCUT2D eigenvalue weighted by Crippen LogP contribution is 2.17. The molecule has 1 aliphatic rings. The summed E-state index contributed by atoms with van der Waals surface area (Å²) in [7, 11) is 0. The van der Waals surface area contributed by atoms with E-state index in [9.17, 15) is 4.79 Å². The van der Waals surface area contributed by atoms with E-state index in [1.54, 1.807) is 12.3 Å². The van der Waals surface area contributed by atoms with Crippen molar-refractivity contribution in [3.8, 4) is 0 Å². The number of rotatable bonds is 3. The summed E-state index contributed by atoms with van der Waals surface area (Å²) in [5.74, 6) is 0. The van der Waals surface area contributed by atoms with Gasteiger partial charge in [0.05, 0.1) is 0 Å². The molecule has 1 heterocycles. The van der Waals surface area contributed by atoms with Gasteiger partial charge in [-0.3, -0.25) is 4.79 Å². The molecule has 0 amide bonds. The van der Waals surface area contributed by atoms with Crippen molar-refractivity contribution in [2.45, 2.75) is 51.6 Å². The molecule has 1 aromatic heterocycles. The van der Waals surface area contributed by atoms with Crippen molar-refractivity contribution in [1.29, 1.82) is 0 Å². The molecule has 0 aliphatic heterocycles. The van der Waals surface area contributed by atoms with Crippen LogP contribution in [-0.2, 0) is 6.54 Å². The quantitative estimate of drug-likeness (QED) is 0.819. The van der Waals surface area contributed by atoms with E-state index in [1.807, 2.05) is 6.92 Å². The van der Waals surface area contributed by atoms with Crippen molar-refractivity contribution in [2.24, 2.45) is 0 Å². The third-order valence-corrected chi connectivity index (χ3v) is 3.35. The standard InChI is InChI=1S/C13H20N2O/c1-10-8-14-12(7-13(10)16)9-15-11-5-3-2-4-6-11/h7-8,11,15H,2-6,9H2,1H3,(H,14,16). The summed E-state index contributed by atoms with van der Waals surface area (Å²) in [5, 5.41) is 3.51. The van der Waals surface area contributed by atoms with Gasteiger partial charge in [-0.05, 0) is 19.8 Å². The number of aryl methyl sites for hydroxylation is 1.